The van der Waals surface area contributed by atoms with E-state index in [0.717, 1.165) is 5.56 Å². The summed E-state index contributed by atoms with van der Waals surface area (Å²) < 4.78 is 11.2. The van der Waals surface area contributed by atoms with Crippen molar-refractivity contribution in [2.75, 3.05) is 26.1 Å². The molecule has 11 nitrogen and oxygen atoms in total. The molecule has 0 aliphatic rings. The van der Waals surface area contributed by atoms with Crippen LogP contribution in [0.1, 0.15) is 44.3 Å². The highest BCUT2D eigenvalue weighted by Gasteiger charge is 2.21. The average molecular weight is 545 g/mol. The predicted molar refractivity (Wildman–Crippen MR) is 146 cm³/mol. The van der Waals surface area contributed by atoms with Crippen LogP contribution in [0.2, 0.25) is 0 Å². The fourth-order valence-electron chi connectivity index (χ4n) is 4.13. The number of carboxylic acids is 1. The second-order valence-corrected chi connectivity index (χ2v) is 8.99. The van der Waals surface area contributed by atoms with Gasteiger partial charge in [-0.1, -0.05) is 42.0 Å². The molecule has 4 aromatic rings. The maximum atomic E-state index is 13.2. The lowest BCUT2D eigenvalue weighted by atomic mass is 10.0. The van der Waals surface area contributed by atoms with Gasteiger partial charge in [-0.05, 0) is 36.8 Å². The minimum absolute atomic E-state index is 0.132. The average Bonchev–Trinajstić information content (AvgIpc) is 3.33. The molecule has 206 valence electrons. The number of fused-ring (bicyclic) bond motifs is 1. The van der Waals surface area contributed by atoms with Crippen LogP contribution in [0.3, 0.4) is 0 Å². The number of nitrogens with zero attached hydrogens (tertiary/aromatic N) is 2. The van der Waals surface area contributed by atoms with Crippen molar-refractivity contribution in [2.24, 2.45) is 0 Å². The van der Waals surface area contributed by atoms with Gasteiger partial charge in [-0.15, -0.1) is 0 Å². The van der Waals surface area contributed by atoms with Crippen molar-refractivity contribution in [3.8, 4) is 11.3 Å². The number of carbonyl (C=O) groups is 4. The topological polar surface area (TPSA) is 148 Å². The first-order valence-electron chi connectivity index (χ1n) is 12.3. The molecular weight excluding hydrogens is 516 g/mol. The van der Waals surface area contributed by atoms with Gasteiger partial charge in [-0.25, -0.2) is 9.78 Å². The third kappa shape index (κ3) is 6.26. The molecule has 0 fully saturated rings. The molecule has 2 aromatic heterocycles. The number of hydrogen-bond acceptors (Lipinski definition) is 8. The number of ether oxygens (including phenoxy) is 2. The van der Waals surface area contributed by atoms with Gasteiger partial charge in [0.25, 0.3) is 5.91 Å². The highest BCUT2D eigenvalue weighted by atomic mass is 16.5. The maximum Gasteiger partial charge on any atom is 0.337 e. The molecular formula is C29H28N4O7. The summed E-state index contributed by atoms with van der Waals surface area (Å²) in [5.74, 6) is -2.00. The van der Waals surface area contributed by atoms with Gasteiger partial charge in [-0.2, -0.15) is 0 Å². The number of benzene rings is 2. The molecule has 0 aliphatic heterocycles. The van der Waals surface area contributed by atoms with Crippen molar-refractivity contribution in [2.45, 2.75) is 19.4 Å². The van der Waals surface area contributed by atoms with Crippen LogP contribution in [-0.4, -0.2) is 59.1 Å². The van der Waals surface area contributed by atoms with Crippen molar-refractivity contribution in [3.63, 3.8) is 0 Å². The van der Waals surface area contributed by atoms with E-state index in [-0.39, 0.29) is 18.5 Å². The number of amides is 1. The van der Waals surface area contributed by atoms with Crippen molar-refractivity contribution in [1.29, 1.82) is 0 Å². The van der Waals surface area contributed by atoms with E-state index in [2.05, 4.69) is 15.6 Å². The Hall–Kier alpha value is -5.19. The molecule has 40 heavy (non-hydrogen) atoms. The van der Waals surface area contributed by atoms with E-state index in [4.69, 9.17) is 9.47 Å². The Morgan fingerprint density at radius 2 is 1.65 bits per heavy atom. The van der Waals surface area contributed by atoms with E-state index in [1.807, 2.05) is 19.1 Å². The number of aryl methyl sites for hydroxylation is 1. The van der Waals surface area contributed by atoms with Crippen LogP contribution in [0.5, 0.6) is 0 Å². The quantitative estimate of drug-likeness (QED) is 0.255. The molecule has 0 saturated carbocycles. The number of nitrogens with one attached hydrogen (secondary N) is 2. The summed E-state index contributed by atoms with van der Waals surface area (Å²) in [6, 6.07) is 16.3. The second kappa shape index (κ2) is 12.1. The van der Waals surface area contributed by atoms with Crippen molar-refractivity contribution < 1.29 is 33.8 Å². The zero-order chi connectivity index (χ0) is 28.8. The van der Waals surface area contributed by atoms with Gasteiger partial charge in [0.2, 0.25) is 0 Å². The van der Waals surface area contributed by atoms with E-state index < -0.39 is 29.9 Å². The number of rotatable bonds is 10. The monoisotopic (exact) mass is 544 g/mol. The summed E-state index contributed by atoms with van der Waals surface area (Å²) in [5.41, 5.74) is 3.85. The van der Waals surface area contributed by atoms with Crippen LogP contribution in [-0.2, 0) is 19.1 Å². The lowest BCUT2D eigenvalue weighted by Crippen LogP contribution is -2.30. The van der Waals surface area contributed by atoms with Crippen LogP contribution < -0.4 is 10.6 Å². The smallest absolute Gasteiger partial charge is 0.337 e. The van der Waals surface area contributed by atoms with Gasteiger partial charge < -0.3 is 25.2 Å². The van der Waals surface area contributed by atoms with Crippen molar-refractivity contribution in [1.82, 2.24) is 14.7 Å². The molecule has 2 aromatic carbocycles. The van der Waals surface area contributed by atoms with E-state index in [1.54, 1.807) is 59.1 Å². The molecule has 4 rings (SSSR count). The number of aromatic nitrogens is 2. The highest BCUT2D eigenvalue weighted by molar-refractivity contribution is 5.96. The molecule has 0 aliphatic carbocycles. The van der Waals surface area contributed by atoms with E-state index in [0.29, 0.717) is 33.8 Å². The third-order valence-corrected chi connectivity index (χ3v) is 6.26. The third-order valence-electron chi connectivity index (χ3n) is 6.26. The van der Waals surface area contributed by atoms with Crippen LogP contribution in [0.25, 0.3) is 16.9 Å². The van der Waals surface area contributed by atoms with Gasteiger partial charge in [0.1, 0.15) is 23.7 Å². The van der Waals surface area contributed by atoms with Gasteiger partial charge in [0.15, 0.2) is 0 Å². The standard InChI is InChI=1S/C29H28N4O7/c1-17-4-6-18(7-5-17)22(15-24(34)35)31-28(37)21-12-13-33-23(14-21)32-26(27(33)30-16-25(36)39-2)19-8-10-20(11-9-19)29(38)40-3/h4-14,22,30H,15-16H2,1-3H3,(H,31,37)(H,34,35). The van der Waals surface area contributed by atoms with Crippen molar-refractivity contribution in [3.05, 3.63) is 89.1 Å². The van der Waals surface area contributed by atoms with E-state index in [1.165, 1.54) is 14.2 Å². The molecule has 1 unspecified atom stereocenters. The number of esters is 2. The van der Waals surface area contributed by atoms with Gasteiger partial charge in [0, 0.05) is 17.3 Å². The van der Waals surface area contributed by atoms with E-state index >= 15 is 0 Å². The second-order valence-electron chi connectivity index (χ2n) is 8.99. The van der Waals surface area contributed by atoms with Crippen LogP contribution >= 0.6 is 0 Å². The number of carboxylic acid groups (broad SMARTS) is 1. The van der Waals surface area contributed by atoms with Gasteiger partial charge >= 0.3 is 17.9 Å². The van der Waals surface area contributed by atoms with Gasteiger partial charge in [0.05, 0.1) is 32.2 Å². The van der Waals surface area contributed by atoms with Crippen LogP contribution in [0, 0.1) is 6.92 Å². The summed E-state index contributed by atoms with van der Waals surface area (Å²) in [4.78, 5) is 53.1. The Kier molecular flexibility index (Phi) is 8.43. The Morgan fingerprint density at radius 1 is 0.950 bits per heavy atom. The fraction of sp³-hybridized carbons (Fsp3) is 0.207. The summed E-state index contributed by atoms with van der Waals surface area (Å²) in [6.07, 6.45) is 1.34. The molecule has 0 radical (unpaired) electrons. The number of methoxy groups -OCH3 is 2. The maximum absolute atomic E-state index is 13.2. The van der Waals surface area contributed by atoms with E-state index in [9.17, 15) is 24.3 Å². The molecule has 1 atom stereocenters. The summed E-state index contributed by atoms with van der Waals surface area (Å²) in [5, 5.41) is 15.2. The summed E-state index contributed by atoms with van der Waals surface area (Å²) in [7, 11) is 2.58. The highest BCUT2D eigenvalue weighted by Crippen LogP contribution is 2.30. The van der Waals surface area contributed by atoms with Crippen molar-refractivity contribution >= 4 is 35.3 Å². The number of pyridine rings is 1. The normalized spacial score (nSPS) is 11.5. The largest absolute Gasteiger partial charge is 0.481 e. The Balaban J connectivity index is 1.69. The molecule has 1 amide bonds. The molecule has 0 spiro atoms. The Labute approximate surface area is 229 Å². The summed E-state index contributed by atoms with van der Waals surface area (Å²) >= 11 is 0. The first kappa shape index (κ1) is 27.8. The zero-order valence-corrected chi connectivity index (χ0v) is 22.1. The molecule has 0 bridgehead atoms. The van der Waals surface area contributed by atoms with Gasteiger partial charge in [-0.3, -0.25) is 18.8 Å². The number of aliphatic carboxylic acids is 1. The Bertz CT molecular complexity index is 1560. The lowest BCUT2D eigenvalue weighted by Gasteiger charge is -2.18. The molecule has 3 N–H and O–H groups in total. The van der Waals surface area contributed by atoms with Crippen LogP contribution in [0.4, 0.5) is 5.82 Å². The van der Waals surface area contributed by atoms with Crippen LogP contribution in [0.15, 0.2) is 66.9 Å². The number of anilines is 1. The number of hydrogen-bond donors (Lipinski definition) is 3. The first-order chi connectivity index (χ1) is 19.2. The number of imidazole rings is 1. The predicted octanol–water partition coefficient (Wildman–Crippen LogP) is 3.63. The fourth-order valence-corrected chi connectivity index (χ4v) is 4.13. The SMILES string of the molecule is COC(=O)CNc1c(-c2ccc(C(=O)OC)cc2)nc2cc(C(=O)NC(CC(=O)O)c3ccc(C)cc3)ccn12. The molecule has 2 heterocycles. The lowest BCUT2D eigenvalue weighted by molar-refractivity contribution is -0.139. The zero-order valence-electron chi connectivity index (χ0n) is 22.1. The minimum Gasteiger partial charge on any atom is -0.481 e. The molecule has 0 saturated heterocycles. The molecule has 11 heteroatoms. The minimum atomic E-state index is -1.04. The summed E-state index contributed by atoms with van der Waals surface area (Å²) in [6.45, 7) is 1.79. The Morgan fingerprint density at radius 3 is 2.27 bits per heavy atom. The number of carbonyl (C=O) groups excluding carboxylic acids is 3. The first-order valence-corrected chi connectivity index (χ1v) is 12.3.